The van der Waals surface area contributed by atoms with Crippen LogP contribution in [0, 0.1) is 0 Å². The molecule has 4 heterocycles. The molecule has 1 aliphatic heterocycles. The minimum Gasteiger partial charge on any atom is -0.331 e. The summed E-state index contributed by atoms with van der Waals surface area (Å²) in [7, 11) is -3.83. The van der Waals surface area contributed by atoms with Gasteiger partial charge in [-0.15, -0.1) is 11.3 Å². The van der Waals surface area contributed by atoms with E-state index in [0.29, 0.717) is 18.7 Å². The molecule has 0 N–H and O–H groups in total. The van der Waals surface area contributed by atoms with Gasteiger partial charge in [0.2, 0.25) is 5.91 Å². The van der Waals surface area contributed by atoms with Crippen molar-refractivity contribution in [2.75, 3.05) is 0 Å². The van der Waals surface area contributed by atoms with Crippen LogP contribution < -0.4 is 0 Å². The Kier molecular flexibility index (Phi) is 4.86. The van der Waals surface area contributed by atoms with E-state index >= 15 is 0 Å². The zero-order valence-electron chi connectivity index (χ0n) is 17.6. The van der Waals surface area contributed by atoms with Crippen LogP contribution in [0.1, 0.15) is 37.2 Å². The fourth-order valence-electron chi connectivity index (χ4n) is 3.98. The number of aromatic nitrogens is 4. The van der Waals surface area contributed by atoms with Gasteiger partial charge in [0.05, 0.1) is 44.0 Å². The maximum absolute atomic E-state index is 13.4. The van der Waals surface area contributed by atoms with E-state index in [4.69, 9.17) is 0 Å². The summed E-state index contributed by atoms with van der Waals surface area (Å²) in [6, 6.07) is 10.4. The van der Waals surface area contributed by atoms with Crippen molar-refractivity contribution in [1.29, 1.82) is 0 Å². The quantitative estimate of drug-likeness (QED) is 0.447. The third kappa shape index (κ3) is 3.21. The number of hydrogen-bond donors (Lipinski definition) is 0. The minimum atomic E-state index is -3.83. The lowest BCUT2D eigenvalue weighted by Gasteiger charge is -2.31. The molecular weight excluding hydrogens is 446 g/mol. The Balaban J connectivity index is 1.40. The monoisotopic (exact) mass is 467 g/mol. The van der Waals surface area contributed by atoms with Crippen LogP contribution in [0.25, 0.3) is 10.2 Å². The zero-order valence-corrected chi connectivity index (χ0v) is 19.2. The van der Waals surface area contributed by atoms with Crippen LogP contribution >= 0.6 is 11.3 Å². The summed E-state index contributed by atoms with van der Waals surface area (Å²) in [6.45, 7) is 4.45. The van der Waals surface area contributed by atoms with E-state index in [1.807, 2.05) is 32.0 Å². The highest BCUT2D eigenvalue weighted by molar-refractivity contribution is 7.89. The van der Waals surface area contributed by atoms with Gasteiger partial charge in [-0.05, 0) is 43.7 Å². The number of carbonyl (C=O) groups excluding carboxylic acids is 1. The van der Waals surface area contributed by atoms with E-state index < -0.39 is 15.4 Å². The first-order valence-corrected chi connectivity index (χ1v) is 12.5. The van der Waals surface area contributed by atoms with Gasteiger partial charge in [-0.3, -0.25) is 9.78 Å². The van der Waals surface area contributed by atoms with E-state index in [-0.39, 0.29) is 17.3 Å². The number of hydrogen-bond acceptors (Lipinski definition) is 7. The molecule has 5 rings (SSSR count). The van der Waals surface area contributed by atoms with Crippen molar-refractivity contribution in [3.05, 3.63) is 71.3 Å². The van der Waals surface area contributed by atoms with E-state index in [1.54, 1.807) is 34.8 Å². The molecule has 1 aliphatic rings. The summed E-state index contributed by atoms with van der Waals surface area (Å²) in [5.74, 6) is -0.0400. The Bertz CT molecular complexity index is 1400. The second kappa shape index (κ2) is 7.49. The molecule has 4 aromatic rings. The molecule has 0 bridgehead atoms. The maximum atomic E-state index is 13.4. The average molecular weight is 468 g/mol. The summed E-state index contributed by atoms with van der Waals surface area (Å²) in [6.07, 6.45) is 3.80. The van der Waals surface area contributed by atoms with E-state index in [0.717, 1.165) is 25.6 Å². The van der Waals surface area contributed by atoms with Crippen molar-refractivity contribution in [2.24, 2.45) is 0 Å². The molecule has 164 valence electrons. The van der Waals surface area contributed by atoms with Crippen molar-refractivity contribution in [1.82, 2.24) is 24.1 Å². The third-order valence-corrected chi connectivity index (χ3v) is 8.42. The zero-order chi connectivity index (χ0) is 22.5. The first kappa shape index (κ1) is 20.8. The Morgan fingerprint density at radius 1 is 1.19 bits per heavy atom. The molecule has 10 heteroatoms. The average Bonchev–Trinajstić information content (AvgIpc) is 3.52. The number of rotatable bonds is 5. The van der Waals surface area contributed by atoms with Gasteiger partial charge in [0.25, 0.3) is 10.0 Å². The van der Waals surface area contributed by atoms with Crippen LogP contribution in [0.15, 0.2) is 59.2 Å². The maximum Gasteiger partial charge on any atom is 0.283 e. The van der Waals surface area contributed by atoms with Gasteiger partial charge in [-0.2, -0.15) is 17.6 Å². The SMILES string of the molecule is CCC(C)(C(=O)N1Cc2cn(S(=O)(=O)c3ccc4ncsc4c3)nc2C1)c1ccccn1. The van der Waals surface area contributed by atoms with Gasteiger partial charge in [-0.25, -0.2) is 4.98 Å². The summed E-state index contributed by atoms with van der Waals surface area (Å²) in [5.41, 5.74) is 3.75. The minimum absolute atomic E-state index is 0.0400. The van der Waals surface area contributed by atoms with E-state index in [2.05, 4.69) is 15.1 Å². The Labute approximate surface area is 189 Å². The van der Waals surface area contributed by atoms with Gasteiger partial charge in [0, 0.05) is 24.5 Å². The Morgan fingerprint density at radius 2 is 2.03 bits per heavy atom. The molecule has 1 atom stereocenters. The van der Waals surface area contributed by atoms with Crippen molar-refractivity contribution in [3.63, 3.8) is 0 Å². The highest BCUT2D eigenvalue weighted by Gasteiger charge is 2.41. The number of carbonyl (C=O) groups is 1. The predicted octanol–water partition coefficient (Wildman–Crippen LogP) is 3.33. The van der Waals surface area contributed by atoms with Crippen LogP contribution in [0.3, 0.4) is 0 Å². The Morgan fingerprint density at radius 3 is 2.75 bits per heavy atom. The smallest absolute Gasteiger partial charge is 0.283 e. The van der Waals surface area contributed by atoms with Gasteiger partial charge >= 0.3 is 0 Å². The number of benzene rings is 1. The lowest BCUT2D eigenvalue weighted by atomic mass is 9.82. The topological polar surface area (TPSA) is 98.1 Å². The number of pyridine rings is 1. The van der Waals surface area contributed by atoms with Gasteiger partial charge in [0.15, 0.2) is 0 Å². The first-order chi connectivity index (χ1) is 15.3. The number of nitrogens with zero attached hydrogens (tertiary/aromatic N) is 5. The molecule has 1 amide bonds. The summed E-state index contributed by atoms with van der Waals surface area (Å²) >= 11 is 1.39. The van der Waals surface area contributed by atoms with E-state index in [1.165, 1.54) is 17.5 Å². The largest absolute Gasteiger partial charge is 0.331 e. The molecule has 3 aromatic heterocycles. The molecular formula is C22H21N5O3S2. The third-order valence-electron chi connectivity index (χ3n) is 6.10. The molecule has 0 aliphatic carbocycles. The van der Waals surface area contributed by atoms with Crippen LogP contribution in [0.2, 0.25) is 0 Å². The normalized spacial score (nSPS) is 15.6. The predicted molar refractivity (Wildman–Crippen MR) is 121 cm³/mol. The van der Waals surface area contributed by atoms with Gasteiger partial charge in [-0.1, -0.05) is 13.0 Å². The fraction of sp³-hybridized carbons (Fsp3) is 0.273. The molecule has 0 fully saturated rings. The van der Waals surface area contributed by atoms with Crippen LogP contribution in [0.4, 0.5) is 0 Å². The lowest BCUT2D eigenvalue weighted by molar-refractivity contribution is -0.137. The Hall–Kier alpha value is -3.11. The van der Waals surface area contributed by atoms with Crippen molar-refractivity contribution in [2.45, 2.75) is 43.7 Å². The van der Waals surface area contributed by atoms with Crippen molar-refractivity contribution < 1.29 is 13.2 Å². The highest BCUT2D eigenvalue weighted by Crippen LogP contribution is 2.33. The number of thiazole rings is 1. The van der Waals surface area contributed by atoms with Crippen LogP contribution in [-0.4, -0.2) is 38.4 Å². The molecule has 32 heavy (non-hydrogen) atoms. The molecule has 1 aromatic carbocycles. The summed E-state index contributed by atoms with van der Waals surface area (Å²) in [5, 5.41) is 4.33. The molecule has 1 unspecified atom stereocenters. The summed E-state index contributed by atoms with van der Waals surface area (Å²) < 4.78 is 28.0. The first-order valence-electron chi connectivity index (χ1n) is 10.2. The molecule has 0 spiro atoms. The molecule has 0 saturated heterocycles. The van der Waals surface area contributed by atoms with E-state index in [9.17, 15) is 13.2 Å². The fourth-order valence-corrected chi connectivity index (χ4v) is 5.96. The summed E-state index contributed by atoms with van der Waals surface area (Å²) in [4.78, 5) is 23.9. The highest BCUT2D eigenvalue weighted by atomic mass is 32.2. The molecule has 8 nitrogen and oxygen atoms in total. The van der Waals surface area contributed by atoms with Crippen molar-refractivity contribution >= 4 is 37.5 Å². The van der Waals surface area contributed by atoms with Crippen LogP contribution in [-0.2, 0) is 33.3 Å². The second-order valence-electron chi connectivity index (χ2n) is 8.02. The standard InChI is InChI=1S/C22H21N5O3S2/c1-3-22(2,20-6-4-5-9-23-20)21(28)26-11-15-12-27(25-18(15)13-26)32(29,30)16-7-8-17-19(10-16)31-14-24-17/h4-10,12,14H,3,11,13H2,1-2H3. The van der Waals surface area contributed by atoms with Gasteiger partial charge < -0.3 is 4.90 Å². The molecule has 0 saturated carbocycles. The van der Waals surface area contributed by atoms with Gasteiger partial charge in [0.1, 0.15) is 0 Å². The lowest BCUT2D eigenvalue weighted by Crippen LogP contribution is -2.43. The second-order valence-corrected chi connectivity index (χ2v) is 10.7. The van der Waals surface area contributed by atoms with Crippen LogP contribution in [0.5, 0.6) is 0 Å². The number of fused-ring (bicyclic) bond motifs is 2. The van der Waals surface area contributed by atoms with Crippen molar-refractivity contribution in [3.8, 4) is 0 Å². The molecule has 0 radical (unpaired) electrons. The number of amides is 1.